The molecule has 36 heavy (non-hydrogen) atoms. The van der Waals surface area contributed by atoms with Crippen LogP contribution in [-0.2, 0) is 10.0 Å². The van der Waals surface area contributed by atoms with Crippen LogP contribution < -0.4 is 10.3 Å². The summed E-state index contributed by atoms with van der Waals surface area (Å²) in [5.41, 5.74) is 1.55. The van der Waals surface area contributed by atoms with Crippen LogP contribution in [0.5, 0.6) is 5.75 Å². The maximum atomic E-state index is 13.7. The van der Waals surface area contributed by atoms with Gasteiger partial charge in [0.05, 0.1) is 39.7 Å². The number of aromatic nitrogens is 2. The Morgan fingerprint density at radius 2 is 1.61 bits per heavy atom. The van der Waals surface area contributed by atoms with Gasteiger partial charge in [0.25, 0.3) is 5.56 Å². The Morgan fingerprint density at radius 1 is 0.972 bits per heavy atom. The summed E-state index contributed by atoms with van der Waals surface area (Å²) >= 11 is 6.39. The first-order valence-corrected chi connectivity index (χ1v) is 13.3. The van der Waals surface area contributed by atoms with Crippen LogP contribution in [0, 0.1) is 0 Å². The molecule has 1 atom stereocenters. The number of halogens is 1. The van der Waals surface area contributed by atoms with Crippen molar-refractivity contribution < 1.29 is 13.2 Å². The Morgan fingerprint density at radius 3 is 2.19 bits per heavy atom. The molecular formula is C27H28ClN3O4S. The second-order valence-corrected chi connectivity index (χ2v) is 11.3. The van der Waals surface area contributed by atoms with Gasteiger partial charge in [-0.3, -0.25) is 9.36 Å². The zero-order valence-electron chi connectivity index (χ0n) is 20.8. The van der Waals surface area contributed by atoms with E-state index >= 15 is 0 Å². The predicted molar refractivity (Wildman–Crippen MR) is 143 cm³/mol. The summed E-state index contributed by atoms with van der Waals surface area (Å²) in [6, 6.07) is 18.0. The fraction of sp³-hybridized carbons (Fsp3) is 0.259. The fourth-order valence-electron chi connectivity index (χ4n) is 4.01. The van der Waals surface area contributed by atoms with E-state index in [2.05, 4.69) is 0 Å². The summed E-state index contributed by atoms with van der Waals surface area (Å²) in [6.45, 7) is 5.80. The molecule has 1 heterocycles. The van der Waals surface area contributed by atoms with Crippen molar-refractivity contribution in [1.82, 2.24) is 13.9 Å². The average Bonchev–Trinajstić information content (AvgIpc) is 2.88. The molecule has 0 saturated carbocycles. The SMILES string of the molecule is COc1ccc(-n2c(C(C)N(C)S(=O)(=O)c3ccc(C(C)C)cc3)nc3c(Cl)cccc3c2=O)cc1. The summed E-state index contributed by atoms with van der Waals surface area (Å²) in [6.07, 6.45) is 0. The summed E-state index contributed by atoms with van der Waals surface area (Å²) < 4.78 is 35.0. The van der Waals surface area contributed by atoms with Gasteiger partial charge in [-0.1, -0.05) is 43.6 Å². The molecule has 0 saturated heterocycles. The fourth-order valence-corrected chi connectivity index (χ4v) is 5.55. The van der Waals surface area contributed by atoms with E-state index in [1.807, 2.05) is 26.0 Å². The largest absolute Gasteiger partial charge is 0.497 e. The predicted octanol–water partition coefficient (Wildman–Crippen LogP) is 5.55. The molecule has 0 aliphatic heterocycles. The smallest absolute Gasteiger partial charge is 0.266 e. The van der Waals surface area contributed by atoms with E-state index in [1.54, 1.807) is 68.6 Å². The van der Waals surface area contributed by atoms with Crippen LogP contribution in [0.1, 0.15) is 44.1 Å². The molecule has 0 aliphatic carbocycles. The number of methoxy groups -OCH3 is 1. The van der Waals surface area contributed by atoms with Crippen LogP contribution in [0.15, 0.2) is 76.4 Å². The lowest BCUT2D eigenvalue weighted by atomic mass is 10.0. The molecule has 0 aliphatic rings. The molecule has 4 aromatic rings. The average molecular weight is 526 g/mol. The number of ether oxygens (including phenoxy) is 1. The molecular weight excluding hydrogens is 498 g/mol. The van der Waals surface area contributed by atoms with E-state index in [4.69, 9.17) is 21.3 Å². The van der Waals surface area contributed by atoms with E-state index in [0.717, 1.165) is 5.56 Å². The van der Waals surface area contributed by atoms with E-state index in [-0.39, 0.29) is 22.2 Å². The van der Waals surface area contributed by atoms with E-state index < -0.39 is 16.1 Å². The Bertz CT molecular complexity index is 1560. The molecule has 0 fully saturated rings. The molecule has 0 amide bonds. The topological polar surface area (TPSA) is 81.5 Å². The van der Waals surface area contributed by atoms with Crippen LogP contribution in [0.25, 0.3) is 16.6 Å². The third-order valence-electron chi connectivity index (χ3n) is 6.35. The Hall–Kier alpha value is -3.20. The van der Waals surface area contributed by atoms with Gasteiger partial charge in [0.15, 0.2) is 0 Å². The van der Waals surface area contributed by atoms with Crippen molar-refractivity contribution in [2.75, 3.05) is 14.2 Å². The highest BCUT2D eigenvalue weighted by atomic mass is 35.5. The van der Waals surface area contributed by atoms with Crippen LogP contribution in [0.2, 0.25) is 5.02 Å². The highest BCUT2D eigenvalue weighted by Gasteiger charge is 2.30. The summed E-state index contributed by atoms with van der Waals surface area (Å²) in [5.74, 6) is 1.15. The molecule has 9 heteroatoms. The van der Waals surface area contributed by atoms with Gasteiger partial charge in [-0.05, 0) is 66.9 Å². The molecule has 188 valence electrons. The van der Waals surface area contributed by atoms with Gasteiger partial charge in [0.2, 0.25) is 10.0 Å². The van der Waals surface area contributed by atoms with Crippen LogP contribution in [0.4, 0.5) is 0 Å². The monoisotopic (exact) mass is 525 g/mol. The minimum absolute atomic E-state index is 0.165. The normalized spacial score (nSPS) is 12.9. The maximum Gasteiger partial charge on any atom is 0.266 e. The number of sulfonamides is 1. The highest BCUT2D eigenvalue weighted by Crippen LogP contribution is 2.29. The van der Waals surface area contributed by atoms with Gasteiger partial charge in [-0.25, -0.2) is 13.4 Å². The van der Waals surface area contributed by atoms with Crippen LogP contribution in [0.3, 0.4) is 0 Å². The molecule has 0 bridgehead atoms. The summed E-state index contributed by atoms with van der Waals surface area (Å²) in [7, 11) is -0.849. The number of para-hydroxylation sites is 1. The van der Waals surface area contributed by atoms with Crippen molar-refractivity contribution >= 4 is 32.5 Å². The Balaban J connectivity index is 1.88. The third-order valence-corrected chi connectivity index (χ3v) is 8.60. The van der Waals surface area contributed by atoms with Crippen molar-refractivity contribution in [3.8, 4) is 11.4 Å². The minimum Gasteiger partial charge on any atom is -0.497 e. The van der Waals surface area contributed by atoms with Crippen LogP contribution >= 0.6 is 11.6 Å². The molecule has 7 nitrogen and oxygen atoms in total. The molecule has 0 N–H and O–H groups in total. The second-order valence-electron chi connectivity index (χ2n) is 8.87. The first-order chi connectivity index (χ1) is 17.1. The Labute approximate surface area is 216 Å². The molecule has 0 spiro atoms. The van der Waals surface area contributed by atoms with Crippen molar-refractivity contribution in [1.29, 1.82) is 0 Å². The quantitative estimate of drug-likeness (QED) is 0.316. The standard InChI is InChI=1S/C27H28ClN3O4S/c1-17(2)19-9-15-22(16-10-19)36(33,34)30(4)18(3)26-29-25-23(7-6-8-24(25)28)27(32)31(26)20-11-13-21(35-5)14-12-20/h6-18H,1-5H3. The van der Waals surface area contributed by atoms with Crippen molar-refractivity contribution in [3.63, 3.8) is 0 Å². The molecule has 3 aromatic carbocycles. The number of rotatable bonds is 7. The first-order valence-electron chi connectivity index (χ1n) is 11.5. The lowest BCUT2D eigenvalue weighted by Gasteiger charge is -2.26. The summed E-state index contributed by atoms with van der Waals surface area (Å²) in [5, 5.41) is 0.652. The number of hydrogen-bond acceptors (Lipinski definition) is 5. The number of benzene rings is 3. The molecule has 0 radical (unpaired) electrons. The number of fused-ring (bicyclic) bond motifs is 1. The van der Waals surface area contributed by atoms with E-state index in [1.165, 1.54) is 15.9 Å². The van der Waals surface area contributed by atoms with Crippen LogP contribution in [-0.4, -0.2) is 36.4 Å². The third kappa shape index (κ3) is 4.64. The van der Waals surface area contributed by atoms with E-state index in [0.29, 0.717) is 27.4 Å². The Kier molecular flexibility index (Phi) is 7.22. The van der Waals surface area contributed by atoms with Gasteiger partial charge in [-0.2, -0.15) is 4.31 Å². The second kappa shape index (κ2) is 10.0. The molecule has 1 unspecified atom stereocenters. The van der Waals surface area contributed by atoms with E-state index in [9.17, 15) is 13.2 Å². The highest BCUT2D eigenvalue weighted by molar-refractivity contribution is 7.89. The van der Waals surface area contributed by atoms with Crippen molar-refractivity contribution in [2.24, 2.45) is 0 Å². The van der Waals surface area contributed by atoms with Gasteiger partial charge >= 0.3 is 0 Å². The minimum atomic E-state index is -3.89. The summed E-state index contributed by atoms with van der Waals surface area (Å²) in [4.78, 5) is 18.5. The van der Waals surface area contributed by atoms with Gasteiger partial charge in [0.1, 0.15) is 11.6 Å². The zero-order valence-corrected chi connectivity index (χ0v) is 22.3. The number of hydrogen-bond donors (Lipinski definition) is 0. The van der Waals surface area contributed by atoms with Crippen molar-refractivity contribution in [3.05, 3.63) is 93.5 Å². The lowest BCUT2D eigenvalue weighted by molar-refractivity contribution is 0.379. The van der Waals surface area contributed by atoms with Gasteiger partial charge < -0.3 is 4.74 Å². The van der Waals surface area contributed by atoms with Gasteiger partial charge in [0, 0.05) is 7.05 Å². The van der Waals surface area contributed by atoms with Crippen molar-refractivity contribution in [2.45, 2.75) is 37.6 Å². The molecule has 1 aromatic heterocycles. The molecule has 4 rings (SSSR count). The van der Waals surface area contributed by atoms with Gasteiger partial charge in [-0.15, -0.1) is 0 Å². The number of nitrogens with zero attached hydrogens (tertiary/aromatic N) is 3. The first kappa shape index (κ1) is 25.9. The zero-order chi connectivity index (χ0) is 26.2. The lowest BCUT2D eigenvalue weighted by Crippen LogP contribution is -2.35. The maximum absolute atomic E-state index is 13.7.